The van der Waals surface area contributed by atoms with E-state index in [1.165, 1.54) is 0 Å². The molecule has 0 aliphatic carbocycles. The molecule has 0 aliphatic heterocycles. The van der Waals surface area contributed by atoms with Crippen LogP contribution < -0.4 is 10.2 Å². The molecular weight excluding hydrogens is 284 g/mol. The van der Waals surface area contributed by atoms with Crippen molar-refractivity contribution < 1.29 is 19.1 Å². The fourth-order valence-corrected chi connectivity index (χ4v) is 1.50. The Morgan fingerprint density at radius 2 is 1.91 bits per heavy atom. The summed E-state index contributed by atoms with van der Waals surface area (Å²) in [5, 5.41) is 3.89. The number of carbonyl (C=O) groups is 2. The molecule has 0 heterocycles. The molecule has 6 heteroatoms. The van der Waals surface area contributed by atoms with Crippen LogP contribution in [0.5, 0.6) is 5.75 Å². The molecular formula is C16H22N2O4. The zero-order valence-corrected chi connectivity index (χ0v) is 13.4. The first-order valence-electron chi connectivity index (χ1n) is 7.13. The summed E-state index contributed by atoms with van der Waals surface area (Å²) in [7, 11) is 0. The number of ether oxygens (including phenoxy) is 2. The molecule has 1 N–H and O–H groups in total. The van der Waals surface area contributed by atoms with Gasteiger partial charge in [-0.3, -0.25) is 9.59 Å². The van der Waals surface area contributed by atoms with E-state index in [0.29, 0.717) is 18.1 Å². The first-order valence-corrected chi connectivity index (χ1v) is 7.13. The zero-order chi connectivity index (χ0) is 16.5. The Balaban J connectivity index is 2.42. The molecule has 0 saturated carbocycles. The molecule has 1 atom stereocenters. The maximum absolute atomic E-state index is 11.6. The van der Waals surface area contributed by atoms with Gasteiger partial charge in [0.1, 0.15) is 5.75 Å². The minimum atomic E-state index is -0.502. The molecule has 0 radical (unpaired) electrons. The number of hydrogen-bond donors (Lipinski definition) is 1. The van der Waals surface area contributed by atoms with Gasteiger partial charge in [-0.2, -0.15) is 5.10 Å². The number of hydrogen-bond acceptors (Lipinski definition) is 5. The van der Waals surface area contributed by atoms with Gasteiger partial charge in [-0.1, -0.05) is 17.7 Å². The quantitative estimate of drug-likeness (QED) is 0.475. The van der Waals surface area contributed by atoms with Crippen LogP contribution in [0.2, 0.25) is 0 Å². The van der Waals surface area contributed by atoms with Crippen molar-refractivity contribution in [3.63, 3.8) is 0 Å². The molecule has 22 heavy (non-hydrogen) atoms. The maximum Gasteiger partial charge on any atom is 0.314 e. The van der Waals surface area contributed by atoms with Crippen LogP contribution in [0.3, 0.4) is 0 Å². The van der Waals surface area contributed by atoms with E-state index in [1.807, 2.05) is 19.1 Å². The van der Waals surface area contributed by atoms with Crippen LogP contribution >= 0.6 is 0 Å². The highest BCUT2D eigenvalue weighted by Crippen LogP contribution is 2.10. The smallest absolute Gasteiger partial charge is 0.314 e. The third-order valence-electron chi connectivity index (χ3n) is 3.01. The predicted octanol–water partition coefficient (Wildman–Crippen LogP) is 2.07. The Kier molecular flexibility index (Phi) is 7.08. The van der Waals surface area contributed by atoms with Gasteiger partial charge in [-0.15, -0.1) is 0 Å². The van der Waals surface area contributed by atoms with Crippen LogP contribution in [0.1, 0.15) is 26.3 Å². The Morgan fingerprint density at radius 1 is 1.27 bits per heavy atom. The van der Waals surface area contributed by atoms with E-state index in [0.717, 1.165) is 5.56 Å². The van der Waals surface area contributed by atoms with Gasteiger partial charge < -0.3 is 9.47 Å². The van der Waals surface area contributed by atoms with Crippen LogP contribution in [-0.4, -0.2) is 30.8 Å². The normalized spacial score (nSPS) is 12.5. The highest BCUT2D eigenvalue weighted by Gasteiger charge is 2.17. The fraction of sp³-hybridized carbons (Fsp3) is 0.438. The van der Waals surface area contributed by atoms with Crippen molar-refractivity contribution in [2.75, 3.05) is 13.2 Å². The van der Waals surface area contributed by atoms with Crippen LogP contribution in [0.4, 0.5) is 0 Å². The molecule has 0 aromatic heterocycles. The Morgan fingerprint density at radius 3 is 2.50 bits per heavy atom. The van der Waals surface area contributed by atoms with Crippen LogP contribution in [0.25, 0.3) is 0 Å². The van der Waals surface area contributed by atoms with E-state index >= 15 is 0 Å². The number of rotatable bonds is 7. The number of esters is 1. The lowest BCUT2D eigenvalue weighted by Gasteiger charge is -2.10. The lowest BCUT2D eigenvalue weighted by atomic mass is 10.1. The number of nitrogens with one attached hydrogen (secondary N) is 1. The van der Waals surface area contributed by atoms with Crippen molar-refractivity contribution in [1.82, 2.24) is 5.43 Å². The highest BCUT2D eigenvalue weighted by molar-refractivity contribution is 6.00. The third kappa shape index (κ3) is 5.95. The molecule has 120 valence electrons. The molecule has 0 spiro atoms. The Bertz CT molecular complexity index is 538. The van der Waals surface area contributed by atoms with Crippen molar-refractivity contribution >= 4 is 17.6 Å². The summed E-state index contributed by atoms with van der Waals surface area (Å²) < 4.78 is 10.2. The van der Waals surface area contributed by atoms with Gasteiger partial charge in [0.15, 0.2) is 6.61 Å². The van der Waals surface area contributed by atoms with Gasteiger partial charge in [-0.25, -0.2) is 5.43 Å². The number of amides is 1. The van der Waals surface area contributed by atoms with Crippen molar-refractivity contribution in [1.29, 1.82) is 0 Å². The molecule has 1 aromatic rings. The van der Waals surface area contributed by atoms with E-state index in [4.69, 9.17) is 9.47 Å². The van der Waals surface area contributed by atoms with Gasteiger partial charge >= 0.3 is 5.97 Å². The second-order valence-electron chi connectivity index (χ2n) is 4.86. The summed E-state index contributed by atoms with van der Waals surface area (Å²) in [6.07, 6.45) is 0. The summed E-state index contributed by atoms with van der Waals surface area (Å²) in [4.78, 5) is 23.2. The van der Waals surface area contributed by atoms with Crippen LogP contribution in [-0.2, 0) is 14.3 Å². The number of benzene rings is 1. The maximum atomic E-state index is 11.6. The van der Waals surface area contributed by atoms with Gasteiger partial charge in [0.05, 0.1) is 12.5 Å². The first kappa shape index (κ1) is 17.7. The molecule has 0 aliphatic rings. The molecule has 6 nitrogen and oxygen atoms in total. The van der Waals surface area contributed by atoms with Crippen molar-refractivity contribution in [3.8, 4) is 5.75 Å². The van der Waals surface area contributed by atoms with E-state index in [1.54, 1.807) is 32.9 Å². The SMILES string of the molecule is CCOC(=O)C(C)/C(C)=N\NC(=O)COc1ccc(C)cc1. The van der Waals surface area contributed by atoms with E-state index < -0.39 is 11.8 Å². The van der Waals surface area contributed by atoms with E-state index in [2.05, 4.69) is 10.5 Å². The number of nitrogens with zero attached hydrogens (tertiary/aromatic N) is 1. The fourth-order valence-electron chi connectivity index (χ4n) is 1.50. The Hall–Kier alpha value is -2.37. The second-order valence-corrected chi connectivity index (χ2v) is 4.86. The minimum Gasteiger partial charge on any atom is -0.484 e. The molecule has 0 fully saturated rings. The molecule has 1 amide bonds. The molecule has 1 unspecified atom stereocenters. The zero-order valence-electron chi connectivity index (χ0n) is 13.4. The number of carbonyl (C=O) groups excluding carboxylic acids is 2. The van der Waals surface area contributed by atoms with E-state index in [-0.39, 0.29) is 12.6 Å². The number of aryl methyl sites for hydroxylation is 1. The largest absolute Gasteiger partial charge is 0.484 e. The molecule has 0 bridgehead atoms. The standard InChI is InChI=1S/C16H22N2O4/c1-5-21-16(20)12(3)13(4)17-18-15(19)10-22-14-8-6-11(2)7-9-14/h6-9,12H,5,10H2,1-4H3,(H,18,19)/b17-13-. The number of hydrazone groups is 1. The highest BCUT2D eigenvalue weighted by atomic mass is 16.5. The van der Waals surface area contributed by atoms with Crippen molar-refractivity contribution in [2.24, 2.45) is 11.0 Å². The van der Waals surface area contributed by atoms with Gasteiger partial charge in [0.25, 0.3) is 5.91 Å². The Labute approximate surface area is 130 Å². The average Bonchev–Trinajstić information content (AvgIpc) is 2.51. The molecule has 1 rings (SSSR count). The summed E-state index contributed by atoms with van der Waals surface area (Å²) in [5.74, 6) is -0.649. The summed E-state index contributed by atoms with van der Waals surface area (Å²) in [6.45, 7) is 7.20. The van der Waals surface area contributed by atoms with Gasteiger partial charge in [0, 0.05) is 5.71 Å². The lowest BCUT2D eigenvalue weighted by Crippen LogP contribution is -2.28. The summed E-state index contributed by atoms with van der Waals surface area (Å²) in [5.41, 5.74) is 3.95. The second kappa shape index (κ2) is 8.81. The topological polar surface area (TPSA) is 77.0 Å². The third-order valence-corrected chi connectivity index (χ3v) is 3.01. The molecule has 0 saturated heterocycles. The van der Waals surface area contributed by atoms with Crippen molar-refractivity contribution in [3.05, 3.63) is 29.8 Å². The van der Waals surface area contributed by atoms with E-state index in [9.17, 15) is 9.59 Å². The minimum absolute atomic E-state index is 0.145. The monoisotopic (exact) mass is 306 g/mol. The van der Waals surface area contributed by atoms with Crippen LogP contribution in [0.15, 0.2) is 29.4 Å². The van der Waals surface area contributed by atoms with Crippen LogP contribution in [0, 0.1) is 12.8 Å². The summed E-state index contributed by atoms with van der Waals surface area (Å²) in [6, 6.07) is 7.38. The lowest BCUT2D eigenvalue weighted by molar-refractivity contribution is -0.145. The molecule has 1 aromatic carbocycles. The average molecular weight is 306 g/mol. The first-order chi connectivity index (χ1) is 10.4. The predicted molar refractivity (Wildman–Crippen MR) is 83.7 cm³/mol. The summed E-state index contributed by atoms with van der Waals surface area (Å²) >= 11 is 0. The van der Waals surface area contributed by atoms with Gasteiger partial charge in [0.2, 0.25) is 0 Å². The van der Waals surface area contributed by atoms with Gasteiger partial charge in [-0.05, 0) is 39.8 Å². The van der Waals surface area contributed by atoms with Crippen molar-refractivity contribution in [2.45, 2.75) is 27.7 Å².